The Bertz CT molecular complexity index is 799. The van der Waals surface area contributed by atoms with E-state index in [9.17, 15) is 4.79 Å². The van der Waals surface area contributed by atoms with Gasteiger partial charge in [0.2, 0.25) is 0 Å². The number of aliphatic hydroxyl groups excluding tert-OH is 1. The molecule has 0 aromatic carbocycles. The third-order valence-corrected chi connectivity index (χ3v) is 4.37. The van der Waals surface area contributed by atoms with Gasteiger partial charge in [-0.2, -0.15) is 0 Å². The highest BCUT2D eigenvalue weighted by atomic mass is 16.6. The average molecular weight is 389 g/mol. The zero-order valence-corrected chi connectivity index (χ0v) is 16.6. The quantitative estimate of drug-likeness (QED) is 0.811. The Hall–Kier alpha value is -2.61. The lowest BCUT2D eigenvalue weighted by atomic mass is 10.2. The van der Waals surface area contributed by atoms with Crippen LogP contribution in [0, 0.1) is 0 Å². The zero-order chi connectivity index (χ0) is 20.1. The number of amides is 1. The van der Waals surface area contributed by atoms with Crippen molar-refractivity contribution in [3.63, 3.8) is 0 Å². The highest BCUT2D eigenvalue weighted by Crippen LogP contribution is 2.25. The maximum Gasteiger partial charge on any atom is 0.410 e. The number of pyridine rings is 1. The summed E-state index contributed by atoms with van der Waals surface area (Å²) < 4.78 is 16.7. The Labute approximate surface area is 164 Å². The largest absolute Gasteiger partial charge is 0.490 e. The molecule has 1 fully saturated rings. The minimum atomic E-state index is -0.519. The van der Waals surface area contributed by atoms with Crippen molar-refractivity contribution >= 4 is 6.09 Å². The van der Waals surface area contributed by atoms with E-state index in [4.69, 9.17) is 19.1 Å². The second kappa shape index (κ2) is 8.60. The van der Waals surface area contributed by atoms with Crippen LogP contribution in [0.1, 0.15) is 39.3 Å². The zero-order valence-electron chi connectivity index (χ0n) is 16.6. The van der Waals surface area contributed by atoms with Crippen LogP contribution in [0.25, 0.3) is 11.3 Å². The molecule has 2 aromatic rings. The van der Waals surface area contributed by atoms with Crippen LogP contribution in [-0.2, 0) is 11.2 Å². The van der Waals surface area contributed by atoms with E-state index < -0.39 is 5.60 Å². The van der Waals surface area contributed by atoms with Crippen LogP contribution < -0.4 is 4.74 Å². The Balaban J connectivity index is 1.61. The molecule has 0 spiro atoms. The summed E-state index contributed by atoms with van der Waals surface area (Å²) in [6, 6.07) is 3.57. The van der Waals surface area contributed by atoms with E-state index in [-0.39, 0.29) is 18.7 Å². The third-order valence-electron chi connectivity index (χ3n) is 4.37. The molecule has 1 amide bonds. The smallest absolute Gasteiger partial charge is 0.410 e. The van der Waals surface area contributed by atoms with Gasteiger partial charge < -0.3 is 24.0 Å². The van der Waals surface area contributed by atoms with Crippen LogP contribution in [0.3, 0.4) is 0 Å². The summed E-state index contributed by atoms with van der Waals surface area (Å²) in [5.74, 6) is 1.16. The first-order chi connectivity index (χ1) is 13.4. The van der Waals surface area contributed by atoms with Crippen LogP contribution in [0.2, 0.25) is 0 Å². The first kappa shape index (κ1) is 20.1. The number of hydrogen-bond donors (Lipinski definition) is 1. The van der Waals surface area contributed by atoms with E-state index in [0.29, 0.717) is 36.8 Å². The van der Waals surface area contributed by atoms with Crippen LogP contribution >= 0.6 is 0 Å². The van der Waals surface area contributed by atoms with Crippen molar-refractivity contribution in [3.05, 3.63) is 30.2 Å². The van der Waals surface area contributed by atoms with Crippen molar-refractivity contribution in [3.8, 4) is 17.1 Å². The van der Waals surface area contributed by atoms with Gasteiger partial charge in [0.25, 0.3) is 0 Å². The van der Waals surface area contributed by atoms with E-state index in [2.05, 4.69) is 10.1 Å². The number of nitrogens with zero attached hydrogens (tertiary/aromatic N) is 3. The summed E-state index contributed by atoms with van der Waals surface area (Å²) in [6.07, 6.45) is 5.23. The van der Waals surface area contributed by atoms with Crippen molar-refractivity contribution < 1.29 is 23.9 Å². The summed E-state index contributed by atoms with van der Waals surface area (Å²) in [7, 11) is 0. The topological polar surface area (TPSA) is 97.9 Å². The lowest BCUT2D eigenvalue weighted by Gasteiger charge is -2.28. The number of ether oxygens (including phenoxy) is 2. The second-order valence-corrected chi connectivity index (χ2v) is 7.85. The normalized spacial score (nSPS) is 17.0. The standard InChI is InChI=1S/C20H27N3O5/c1-20(2,3)27-19(25)23-7-4-5-16(23)13-26-17-9-14(11-21-12-17)18-10-15(6-8-24)22-28-18/h9-12,16,24H,4-8,13H2,1-3H3/t16-/m0/s1. The van der Waals surface area contributed by atoms with Crippen molar-refractivity contribution in [1.29, 1.82) is 0 Å². The second-order valence-electron chi connectivity index (χ2n) is 7.85. The maximum atomic E-state index is 12.4. The fourth-order valence-electron chi connectivity index (χ4n) is 3.08. The first-order valence-electron chi connectivity index (χ1n) is 9.50. The van der Waals surface area contributed by atoms with Gasteiger partial charge in [0.1, 0.15) is 18.0 Å². The summed E-state index contributed by atoms with van der Waals surface area (Å²) >= 11 is 0. The molecule has 152 valence electrons. The van der Waals surface area contributed by atoms with E-state index in [1.54, 1.807) is 23.4 Å². The molecule has 1 atom stereocenters. The lowest BCUT2D eigenvalue weighted by Crippen LogP contribution is -2.42. The van der Waals surface area contributed by atoms with E-state index >= 15 is 0 Å². The average Bonchev–Trinajstić information content (AvgIpc) is 3.28. The van der Waals surface area contributed by atoms with Gasteiger partial charge in [-0.15, -0.1) is 0 Å². The van der Waals surface area contributed by atoms with Gasteiger partial charge in [-0.05, 0) is 39.7 Å². The van der Waals surface area contributed by atoms with E-state index in [1.807, 2.05) is 26.8 Å². The van der Waals surface area contributed by atoms with Crippen molar-refractivity contribution in [2.24, 2.45) is 0 Å². The van der Waals surface area contributed by atoms with Crippen LogP contribution in [0.15, 0.2) is 29.0 Å². The summed E-state index contributed by atoms with van der Waals surface area (Å²) in [5, 5.41) is 12.9. The highest BCUT2D eigenvalue weighted by molar-refractivity contribution is 5.69. The molecule has 1 saturated heterocycles. The molecule has 3 rings (SSSR count). The summed E-state index contributed by atoms with van der Waals surface area (Å²) in [4.78, 5) is 18.3. The monoisotopic (exact) mass is 389 g/mol. The fraction of sp³-hybridized carbons (Fsp3) is 0.550. The van der Waals surface area contributed by atoms with Gasteiger partial charge in [-0.3, -0.25) is 4.98 Å². The number of aliphatic hydroxyl groups is 1. The van der Waals surface area contributed by atoms with Gasteiger partial charge in [-0.25, -0.2) is 4.79 Å². The number of carbonyl (C=O) groups is 1. The molecule has 0 bridgehead atoms. The minimum Gasteiger partial charge on any atom is -0.490 e. The van der Waals surface area contributed by atoms with Crippen molar-refractivity contribution in [1.82, 2.24) is 15.0 Å². The number of aromatic nitrogens is 2. The fourth-order valence-corrected chi connectivity index (χ4v) is 3.08. The predicted molar refractivity (Wildman–Crippen MR) is 102 cm³/mol. The molecule has 0 unspecified atom stereocenters. The molecule has 3 heterocycles. The van der Waals surface area contributed by atoms with E-state index in [0.717, 1.165) is 18.4 Å². The van der Waals surface area contributed by atoms with Gasteiger partial charge in [0.15, 0.2) is 5.76 Å². The van der Waals surface area contributed by atoms with E-state index in [1.165, 1.54) is 0 Å². The Morgan fingerprint density at radius 2 is 2.18 bits per heavy atom. The molecule has 1 aliphatic rings. The highest BCUT2D eigenvalue weighted by Gasteiger charge is 2.32. The molecule has 2 aromatic heterocycles. The van der Waals surface area contributed by atoms with Gasteiger partial charge in [-0.1, -0.05) is 5.16 Å². The SMILES string of the molecule is CC(C)(C)OC(=O)N1CCC[C@H]1COc1cncc(-c2cc(CCO)no2)c1. The molecule has 0 radical (unpaired) electrons. The molecule has 8 nitrogen and oxygen atoms in total. The Kier molecular flexibility index (Phi) is 6.18. The third kappa shape index (κ3) is 5.22. The summed E-state index contributed by atoms with van der Waals surface area (Å²) in [6.45, 7) is 6.64. The number of carbonyl (C=O) groups excluding carboxylic acids is 1. The van der Waals surface area contributed by atoms with Crippen LogP contribution in [0.5, 0.6) is 5.75 Å². The Morgan fingerprint density at radius 3 is 2.93 bits per heavy atom. The maximum absolute atomic E-state index is 12.4. The molecule has 0 aliphatic carbocycles. The predicted octanol–water partition coefficient (Wildman–Crippen LogP) is 3.05. The molecule has 8 heteroatoms. The van der Waals surface area contributed by atoms with Crippen LogP contribution in [-0.4, -0.2) is 57.6 Å². The summed E-state index contributed by atoms with van der Waals surface area (Å²) in [5.41, 5.74) is 0.905. The molecule has 28 heavy (non-hydrogen) atoms. The minimum absolute atomic E-state index is 0.0168. The van der Waals surface area contributed by atoms with Crippen molar-refractivity contribution in [2.75, 3.05) is 19.8 Å². The molecular formula is C20H27N3O5. The van der Waals surface area contributed by atoms with Gasteiger partial charge in [0.05, 0.1) is 17.9 Å². The molecular weight excluding hydrogens is 362 g/mol. The molecule has 1 N–H and O–H groups in total. The van der Waals surface area contributed by atoms with Gasteiger partial charge in [0, 0.05) is 37.4 Å². The first-order valence-corrected chi connectivity index (χ1v) is 9.50. The Morgan fingerprint density at radius 1 is 1.36 bits per heavy atom. The molecule has 0 saturated carbocycles. The number of likely N-dealkylation sites (tertiary alicyclic amines) is 1. The van der Waals surface area contributed by atoms with Gasteiger partial charge >= 0.3 is 6.09 Å². The van der Waals surface area contributed by atoms with Crippen LogP contribution in [0.4, 0.5) is 4.79 Å². The van der Waals surface area contributed by atoms with Crippen molar-refractivity contribution in [2.45, 2.75) is 51.7 Å². The number of rotatable bonds is 6. The number of hydrogen-bond acceptors (Lipinski definition) is 7. The molecule has 1 aliphatic heterocycles. The lowest BCUT2D eigenvalue weighted by molar-refractivity contribution is 0.0187.